The van der Waals surface area contributed by atoms with Crippen LogP contribution in [0.2, 0.25) is 0 Å². The number of rotatable bonds is 5. The summed E-state index contributed by atoms with van der Waals surface area (Å²) in [4.78, 5) is 11.8. The van der Waals surface area contributed by atoms with E-state index < -0.39 is 6.04 Å². The van der Waals surface area contributed by atoms with Crippen molar-refractivity contribution in [1.82, 2.24) is 5.32 Å². The molecule has 0 bridgehead atoms. The van der Waals surface area contributed by atoms with Crippen molar-refractivity contribution >= 4 is 16.7 Å². The number of nitrogens with one attached hydrogen (secondary N) is 1. The molecule has 1 atom stereocenters. The molecule has 2 aromatic carbocycles. The van der Waals surface area contributed by atoms with Crippen molar-refractivity contribution in [3.63, 3.8) is 0 Å². The van der Waals surface area contributed by atoms with E-state index in [0.29, 0.717) is 6.54 Å². The number of fused-ring (bicyclic) bond motifs is 1. The molecular formula is C16H17NO2. The van der Waals surface area contributed by atoms with E-state index in [1.807, 2.05) is 42.5 Å². The summed E-state index contributed by atoms with van der Waals surface area (Å²) in [5.74, 6) is -0.294. The standard InChI is InChI=1S/C16H17NO2/c1-3-10-17-15(16(18)19-2)14-9-8-12-6-4-5-7-13(12)11-14/h3-9,11,15,17H,1,10H2,2H3/t15-/m0/s1. The second kappa shape index (κ2) is 6.16. The topological polar surface area (TPSA) is 38.3 Å². The zero-order chi connectivity index (χ0) is 13.7. The Labute approximate surface area is 112 Å². The van der Waals surface area contributed by atoms with Gasteiger partial charge in [-0.15, -0.1) is 6.58 Å². The Bertz CT molecular complexity index is 592. The van der Waals surface area contributed by atoms with Gasteiger partial charge in [0.15, 0.2) is 0 Å². The molecule has 0 radical (unpaired) electrons. The molecular weight excluding hydrogens is 238 g/mol. The number of carbonyl (C=O) groups excluding carboxylic acids is 1. The molecule has 19 heavy (non-hydrogen) atoms. The lowest BCUT2D eigenvalue weighted by Crippen LogP contribution is -2.29. The first-order valence-electron chi connectivity index (χ1n) is 6.17. The number of esters is 1. The first-order chi connectivity index (χ1) is 9.26. The molecule has 0 aromatic heterocycles. The number of ether oxygens (including phenoxy) is 1. The molecule has 0 aliphatic carbocycles. The number of hydrogen-bond donors (Lipinski definition) is 1. The Morgan fingerprint density at radius 2 is 2.05 bits per heavy atom. The minimum absolute atomic E-state index is 0.294. The van der Waals surface area contributed by atoms with Crippen molar-refractivity contribution in [2.75, 3.05) is 13.7 Å². The monoisotopic (exact) mass is 255 g/mol. The summed E-state index contributed by atoms with van der Waals surface area (Å²) in [6, 6.07) is 13.5. The van der Waals surface area contributed by atoms with Crippen molar-refractivity contribution in [3.05, 3.63) is 60.7 Å². The molecule has 0 aliphatic heterocycles. The van der Waals surface area contributed by atoms with Crippen molar-refractivity contribution in [2.45, 2.75) is 6.04 Å². The van der Waals surface area contributed by atoms with Gasteiger partial charge in [-0.1, -0.05) is 42.5 Å². The third kappa shape index (κ3) is 3.01. The molecule has 3 nitrogen and oxygen atoms in total. The zero-order valence-electron chi connectivity index (χ0n) is 10.9. The smallest absolute Gasteiger partial charge is 0.327 e. The van der Waals surface area contributed by atoms with E-state index >= 15 is 0 Å². The van der Waals surface area contributed by atoms with Crippen molar-refractivity contribution in [2.24, 2.45) is 0 Å². The first-order valence-corrected chi connectivity index (χ1v) is 6.17. The van der Waals surface area contributed by atoms with E-state index in [1.54, 1.807) is 6.08 Å². The normalized spacial score (nSPS) is 12.1. The Morgan fingerprint density at radius 1 is 1.32 bits per heavy atom. The second-order valence-corrected chi connectivity index (χ2v) is 4.26. The highest BCUT2D eigenvalue weighted by atomic mass is 16.5. The van der Waals surface area contributed by atoms with Gasteiger partial charge in [-0.3, -0.25) is 5.32 Å². The molecule has 2 aromatic rings. The van der Waals surface area contributed by atoms with Gasteiger partial charge in [-0.25, -0.2) is 4.79 Å². The summed E-state index contributed by atoms with van der Waals surface area (Å²) in [6.45, 7) is 4.19. The predicted molar refractivity (Wildman–Crippen MR) is 76.9 cm³/mol. The molecule has 0 aliphatic rings. The van der Waals surface area contributed by atoms with Gasteiger partial charge in [-0.05, 0) is 22.4 Å². The van der Waals surface area contributed by atoms with Crippen LogP contribution in [0.3, 0.4) is 0 Å². The third-order valence-electron chi connectivity index (χ3n) is 3.01. The van der Waals surface area contributed by atoms with E-state index in [2.05, 4.69) is 11.9 Å². The van der Waals surface area contributed by atoms with Crippen LogP contribution in [0.15, 0.2) is 55.1 Å². The van der Waals surface area contributed by atoms with Crippen LogP contribution in [0.25, 0.3) is 10.8 Å². The van der Waals surface area contributed by atoms with Gasteiger partial charge in [0.1, 0.15) is 6.04 Å². The minimum Gasteiger partial charge on any atom is -0.468 e. The number of benzene rings is 2. The lowest BCUT2D eigenvalue weighted by Gasteiger charge is -2.16. The number of methoxy groups -OCH3 is 1. The van der Waals surface area contributed by atoms with E-state index in [1.165, 1.54) is 7.11 Å². The SMILES string of the molecule is C=CCN[C@H](C(=O)OC)c1ccc2ccccc2c1. The lowest BCUT2D eigenvalue weighted by molar-refractivity contribution is -0.143. The highest BCUT2D eigenvalue weighted by molar-refractivity contribution is 5.85. The molecule has 0 unspecified atom stereocenters. The van der Waals surface area contributed by atoms with Crippen LogP contribution in [0, 0.1) is 0 Å². The minimum atomic E-state index is -0.465. The van der Waals surface area contributed by atoms with Gasteiger partial charge < -0.3 is 4.74 Å². The van der Waals surface area contributed by atoms with Crippen LogP contribution in [0.4, 0.5) is 0 Å². The van der Waals surface area contributed by atoms with Crippen LogP contribution in [-0.4, -0.2) is 19.6 Å². The van der Waals surface area contributed by atoms with Gasteiger partial charge in [0.05, 0.1) is 7.11 Å². The fourth-order valence-electron chi connectivity index (χ4n) is 2.04. The molecule has 1 N–H and O–H groups in total. The Morgan fingerprint density at radius 3 is 2.74 bits per heavy atom. The maximum absolute atomic E-state index is 11.8. The summed E-state index contributed by atoms with van der Waals surface area (Å²) < 4.78 is 4.84. The van der Waals surface area contributed by atoms with Crippen molar-refractivity contribution in [3.8, 4) is 0 Å². The number of hydrogen-bond acceptors (Lipinski definition) is 3. The summed E-state index contributed by atoms with van der Waals surface area (Å²) in [6.07, 6.45) is 1.72. The van der Waals surface area contributed by atoms with Crippen LogP contribution in [0.1, 0.15) is 11.6 Å². The van der Waals surface area contributed by atoms with E-state index in [4.69, 9.17) is 4.74 Å². The summed E-state index contributed by atoms with van der Waals surface area (Å²) in [7, 11) is 1.39. The Hall–Kier alpha value is -2.13. The fourth-order valence-corrected chi connectivity index (χ4v) is 2.04. The summed E-state index contributed by atoms with van der Waals surface area (Å²) in [5, 5.41) is 5.37. The molecule has 98 valence electrons. The molecule has 0 saturated heterocycles. The molecule has 0 spiro atoms. The average Bonchev–Trinajstić information content (AvgIpc) is 2.47. The zero-order valence-corrected chi connectivity index (χ0v) is 10.9. The van der Waals surface area contributed by atoms with E-state index in [9.17, 15) is 4.79 Å². The van der Waals surface area contributed by atoms with Crippen molar-refractivity contribution < 1.29 is 9.53 Å². The molecule has 0 fully saturated rings. The van der Waals surface area contributed by atoms with Crippen LogP contribution in [0.5, 0.6) is 0 Å². The number of carbonyl (C=O) groups is 1. The fraction of sp³-hybridized carbons (Fsp3) is 0.188. The maximum Gasteiger partial charge on any atom is 0.327 e. The highest BCUT2D eigenvalue weighted by Gasteiger charge is 2.20. The third-order valence-corrected chi connectivity index (χ3v) is 3.01. The first kappa shape index (κ1) is 13.3. The molecule has 0 saturated carbocycles. The highest BCUT2D eigenvalue weighted by Crippen LogP contribution is 2.21. The molecule has 0 heterocycles. The van der Waals surface area contributed by atoms with Gasteiger partial charge in [0.25, 0.3) is 0 Å². The quantitative estimate of drug-likeness (QED) is 0.659. The predicted octanol–water partition coefficient (Wildman–Crippen LogP) is 2.83. The second-order valence-electron chi connectivity index (χ2n) is 4.26. The van der Waals surface area contributed by atoms with E-state index in [0.717, 1.165) is 16.3 Å². The van der Waals surface area contributed by atoms with Crippen molar-refractivity contribution in [1.29, 1.82) is 0 Å². The van der Waals surface area contributed by atoms with Gasteiger partial charge in [-0.2, -0.15) is 0 Å². The van der Waals surface area contributed by atoms with Gasteiger partial charge >= 0.3 is 5.97 Å². The van der Waals surface area contributed by atoms with Crippen LogP contribution < -0.4 is 5.32 Å². The van der Waals surface area contributed by atoms with Gasteiger partial charge in [0.2, 0.25) is 0 Å². The average molecular weight is 255 g/mol. The van der Waals surface area contributed by atoms with Crippen LogP contribution in [-0.2, 0) is 9.53 Å². The Balaban J connectivity index is 2.37. The summed E-state index contributed by atoms with van der Waals surface area (Å²) in [5.41, 5.74) is 0.896. The Kier molecular flexibility index (Phi) is 4.31. The maximum atomic E-state index is 11.8. The molecule has 2 rings (SSSR count). The molecule has 0 amide bonds. The van der Waals surface area contributed by atoms with E-state index in [-0.39, 0.29) is 5.97 Å². The summed E-state index contributed by atoms with van der Waals surface area (Å²) >= 11 is 0. The largest absolute Gasteiger partial charge is 0.468 e. The molecule has 3 heteroatoms. The van der Waals surface area contributed by atoms with Gasteiger partial charge in [0, 0.05) is 6.54 Å². The lowest BCUT2D eigenvalue weighted by atomic mass is 10.0. The van der Waals surface area contributed by atoms with Crippen LogP contribution >= 0.6 is 0 Å².